The van der Waals surface area contributed by atoms with Crippen molar-refractivity contribution in [3.8, 4) is 0 Å². The van der Waals surface area contributed by atoms with Crippen molar-refractivity contribution in [1.82, 2.24) is 0 Å². The van der Waals surface area contributed by atoms with Gasteiger partial charge in [-0.3, -0.25) is 9.59 Å². The number of carbonyl (C=O) groups excluding carboxylic acids is 2. The van der Waals surface area contributed by atoms with Crippen LogP contribution in [-0.2, 0) is 10.1 Å². The van der Waals surface area contributed by atoms with Gasteiger partial charge >= 0.3 is 29.6 Å². The molecule has 2 aromatic carbocycles. The minimum atomic E-state index is -4.83. The maximum Gasteiger partial charge on any atom is 1.00 e. The number of benzene rings is 2. The van der Waals surface area contributed by atoms with E-state index in [-0.39, 0.29) is 51.8 Å². The molecule has 0 saturated carbocycles. The molecule has 106 valence electrons. The van der Waals surface area contributed by atoms with Crippen molar-refractivity contribution < 1.29 is 52.1 Å². The molecule has 3 rings (SSSR count). The Labute approximate surface area is 153 Å². The summed E-state index contributed by atoms with van der Waals surface area (Å²) in [7, 11) is -4.83. The zero-order chi connectivity index (χ0) is 15.4. The summed E-state index contributed by atoms with van der Waals surface area (Å²) >= 11 is 5.89. The van der Waals surface area contributed by atoms with Crippen LogP contribution in [0.2, 0.25) is 5.02 Å². The first kappa shape index (κ1) is 17.3. The summed E-state index contributed by atoms with van der Waals surface area (Å²) in [5, 5.41) is -0.504. The second-order valence-corrected chi connectivity index (χ2v) is 6.18. The maximum absolute atomic E-state index is 12.4. The van der Waals surface area contributed by atoms with E-state index in [1.54, 1.807) is 12.1 Å². The molecule has 0 unspecified atom stereocenters. The fourth-order valence-electron chi connectivity index (χ4n) is 2.32. The van der Waals surface area contributed by atoms with E-state index in [1.165, 1.54) is 12.1 Å². The Hall–Kier alpha value is -1.02. The monoisotopic (exact) mass is 344 g/mol. The van der Waals surface area contributed by atoms with Gasteiger partial charge in [0.05, 0.1) is 15.5 Å². The molecule has 2 aromatic rings. The molecular weight excluding hydrogens is 339 g/mol. The molecule has 0 atom stereocenters. The second-order valence-electron chi connectivity index (χ2n) is 4.46. The van der Waals surface area contributed by atoms with Crippen molar-refractivity contribution >= 4 is 33.3 Å². The van der Waals surface area contributed by atoms with Gasteiger partial charge in [0.25, 0.3) is 0 Å². The van der Waals surface area contributed by atoms with E-state index in [2.05, 4.69) is 0 Å². The van der Waals surface area contributed by atoms with E-state index in [0.29, 0.717) is 0 Å². The standard InChI is InChI=1S/C14H7ClO5S.Na/c15-12-10(21(18,19)20)6-5-9-11(12)14(17)8-4-2-1-3-7(8)13(9)16;/h1-6H,(H,18,19,20);/q;+1/p-1. The van der Waals surface area contributed by atoms with Gasteiger partial charge in [0.15, 0.2) is 11.6 Å². The van der Waals surface area contributed by atoms with E-state index < -0.39 is 31.6 Å². The van der Waals surface area contributed by atoms with Crippen LogP contribution >= 0.6 is 11.6 Å². The Morgan fingerprint density at radius 3 is 1.95 bits per heavy atom. The largest absolute Gasteiger partial charge is 1.00 e. The summed E-state index contributed by atoms with van der Waals surface area (Å²) in [6.45, 7) is 0. The SMILES string of the molecule is O=C1c2ccccc2C(=O)c2c1ccc(S(=O)(=O)[O-])c2Cl.[Na+]. The minimum Gasteiger partial charge on any atom is -0.744 e. The van der Waals surface area contributed by atoms with Crippen LogP contribution in [0.1, 0.15) is 31.8 Å². The van der Waals surface area contributed by atoms with Gasteiger partial charge in [-0.25, -0.2) is 8.42 Å². The van der Waals surface area contributed by atoms with Crippen LogP contribution < -0.4 is 29.6 Å². The third-order valence-corrected chi connectivity index (χ3v) is 4.65. The molecule has 0 saturated heterocycles. The Morgan fingerprint density at radius 1 is 0.864 bits per heavy atom. The van der Waals surface area contributed by atoms with Crippen LogP contribution in [-0.4, -0.2) is 24.5 Å². The predicted octanol–water partition coefficient (Wildman–Crippen LogP) is -0.976. The molecule has 0 bridgehead atoms. The van der Waals surface area contributed by atoms with Crippen molar-refractivity contribution in [3.05, 3.63) is 63.7 Å². The number of hydrogen-bond acceptors (Lipinski definition) is 5. The van der Waals surface area contributed by atoms with Gasteiger partial charge in [0, 0.05) is 16.7 Å². The average molecular weight is 345 g/mol. The molecular formula is C14H6ClNaO5S. The van der Waals surface area contributed by atoms with Crippen molar-refractivity contribution in [1.29, 1.82) is 0 Å². The molecule has 0 N–H and O–H groups in total. The first-order valence-corrected chi connectivity index (χ1v) is 7.58. The fourth-order valence-corrected chi connectivity index (χ4v) is 3.41. The topological polar surface area (TPSA) is 91.3 Å². The first-order valence-electron chi connectivity index (χ1n) is 5.79. The zero-order valence-corrected chi connectivity index (χ0v) is 14.9. The summed E-state index contributed by atoms with van der Waals surface area (Å²) in [5.74, 6) is -1.01. The van der Waals surface area contributed by atoms with Gasteiger partial charge in [0.2, 0.25) is 0 Å². The van der Waals surface area contributed by atoms with Crippen molar-refractivity contribution in [3.63, 3.8) is 0 Å². The van der Waals surface area contributed by atoms with Crippen molar-refractivity contribution in [2.24, 2.45) is 0 Å². The Balaban J connectivity index is 0.00000176. The third-order valence-electron chi connectivity index (χ3n) is 3.26. The average Bonchev–Trinajstić information content (AvgIpc) is 2.43. The van der Waals surface area contributed by atoms with Gasteiger partial charge in [-0.15, -0.1) is 0 Å². The van der Waals surface area contributed by atoms with Crippen LogP contribution in [0.4, 0.5) is 0 Å². The van der Waals surface area contributed by atoms with E-state index >= 15 is 0 Å². The van der Waals surface area contributed by atoms with E-state index in [1.807, 2.05) is 0 Å². The van der Waals surface area contributed by atoms with Gasteiger partial charge in [-0.1, -0.05) is 35.9 Å². The molecule has 1 aliphatic rings. The molecule has 0 aromatic heterocycles. The van der Waals surface area contributed by atoms with Gasteiger partial charge in [0.1, 0.15) is 10.1 Å². The normalized spacial score (nSPS) is 13.2. The van der Waals surface area contributed by atoms with Gasteiger partial charge in [-0.05, 0) is 12.1 Å². The summed E-state index contributed by atoms with van der Waals surface area (Å²) < 4.78 is 33.4. The van der Waals surface area contributed by atoms with Crippen LogP contribution in [0, 0.1) is 0 Å². The predicted molar refractivity (Wildman–Crippen MR) is 72.7 cm³/mol. The van der Waals surface area contributed by atoms with Gasteiger partial charge < -0.3 is 4.55 Å². The minimum absolute atomic E-state index is 0. The van der Waals surface area contributed by atoms with Gasteiger partial charge in [-0.2, -0.15) is 0 Å². The number of fused-ring (bicyclic) bond motifs is 2. The molecule has 1 aliphatic carbocycles. The maximum atomic E-state index is 12.4. The number of ketones is 2. The molecule has 0 heterocycles. The Morgan fingerprint density at radius 2 is 1.41 bits per heavy atom. The molecule has 22 heavy (non-hydrogen) atoms. The number of hydrogen-bond donors (Lipinski definition) is 0. The molecule has 0 spiro atoms. The van der Waals surface area contributed by atoms with Crippen molar-refractivity contribution in [2.45, 2.75) is 4.90 Å². The van der Waals surface area contributed by atoms with E-state index in [0.717, 1.165) is 12.1 Å². The van der Waals surface area contributed by atoms with Crippen LogP contribution in [0.15, 0.2) is 41.3 Å². The zero-order valence-electron chi connectivity index (χ0n) is 11.3. The number of rotatable bonds is 1. The number of carbonyl (C=O) groups is 2. The smallest absolute Gasteiger partial charge is 0.744 e. The van der Waals surface area contributed by atoms with Crippen molar-refractivity contribution in [2.75, 3.05) is 0 Å². The molecule has 0 amide bonds. The number of halogens is 1. The summed E-state index contributed by atoms with van der Waals surface area (Å²) in [6.07, 6.45) is 0. The third kappa shape index (κ3) is 2.56. The van der Waals surface area contributed by atoms with E-state index in [4.69, 9.17) is 11.6 Å². The van der Waals surface area contributed by atoms with E-state index in [9.17, 15) is 22.6 Å². The second kappa shape index (κ2) is 5.88. The Kier molecular flexibility index (Phi) is 4.64. The molecule has 8 heteroatoms. The van der Waals surface area contributed by atoms with Crippen LogP contribution in [0.5, 0.6) is 0 Å². The Bertz CT molecular complexity index is 921. The molecule has 0 radical (unpaired) electrons. The summed E-state index contributed by atoms with van der Waals surface area (Å²) in [6, 6.07) is 8.24. The van der Waals surface area contributed by atoms with Crippen LogP contribution in [0.25, 0.3) is 0 Å². The molecule has 5 nitrogen and oxygen atoms in total. The molecule has 0 fully saturated rings. The fraction of sp³-hybridized carbons (Fsp3) is 0. The molecule has 0 aliphatic heterocycles. The summed E-state index contributed by atoms with van der Waals surface area (Å²) in [5.41, 5.74) is 0.120. The first-order chi connectivity index (χ1) is 9.82. The van der Waals surface area contributed by atoms with Crippen LogP contribution in [0.3, 0.4) is 0 Å². The summed E-state index contributed by atoms with van der Waals surface area (Å²) in [4.78, 5) is 24.0. The quantitative estimate of drug-likeness (QED) is 0.418.